The van der Waals surface area contributed by atoms with Crippen LogP contribution in [0.3, 0.4) is 0 Å². The van der Waals surface area contributed by atoms with E-state index < -0.39 is 11.6 Å². The first-order valence-electron chi connectivity index (χ1n) is 7.90. The van der Waals surface area contributed by atoms with Crippen LogP contribution in [0.25, 0.3) is 10.4 Å². The minimum absolute atomic E-state index is 0.0930. The van der Waals surface area contributed by atoms with Gasteiger partial charge in [0.2, 0.25) is 0 Å². The molecule has 1 atom stereocenters. The number of carboxylic acids is 1. The van der Waals surface area contributed by atoms with Gasteiger partial charge in [0.1, 0.15) is 10.6 Å². The normalized spacial score (nSPS) is 12.6. The molecule has 0 spiro atoms. The largest absolute Gasteiger partial charge is 0.478 e. The van der Waals surface area contributed by atoms with Crippen LogP contribution in [0.1, 0.15) is 49.1 Å². The van der Waals surface area contributed by atoms with E-state index in [-0.39, 0.29) is 24.1 Å². The summed E-state index contributed by atoms with van der Waals surface area (Å²) >= 11 is 1.50. The molecule has 2 aromatic rings. The van der Waals surface area contributed by atoms with E-state index in [4.69, 9.17) is 9.84 Å². The number of ether oxygens (including phenoxy) is 1. The number of esters is 1. The van der Waals surface area contributed by atoms with Crippen LogP contribution in [0.2, 0.25) is 0 Å². The second-order valence-corrected chi connectivity index (χ2v) is 7.70. The number of hydrogen-bond acceptors (Lipinski definition) is 6. The lowest BCUT2D eigenvalue weighted by Crippen LogP contribution is -2.32. The number of aromatic nitrogens is 1. The Balaban J connectivity index is 1.98. The third-order valence-electron chi connectivity index (χ3n) is 3.28. The highest BCUT2D eigenvalue weighted by molar-refractivity contribution is 7.15. The Morgan fingerprint density at radius 1 is 1.28 bits per heavy atom. The smallest absolute Gasteiger partial charge is 0.335 e. The van der Waals surface area contributed by atoms with Gasteiger partial charge in [-0.05, 0) is 45.4 Å². The van der Waals surface area contributed by atoms with Gasteiger partial charge in [0.05, 0.1) is 23.0 Å². The molecule has 1 aromatic carbocycles. The SMILES string of the molecule is CC(NCC(=O)OC(C)(C)C)c1ncc(-c2ccc(C(=O)O)cc2)s1. The molecule has 6 nitrogen and oxygen atoms in total. The van der Waals surface area contributed by atoms with Crippen molar-refractivity contribution in [2.75, 3.05) is 6.54 Å². The second-order valence-electron chi connectivity index (χ2n) is 6.63. The Morgan fingerprint density at radius 2 is 1.92 bits per heavy atom. The highest BCUT2D eigenvalue weighted by Crippen LogP contribution is 2.29. The summed E-state index contributed by atoms with van der Waals surface area (Å²) in [5.74, 6) is -1.25. The highest BCUT2D eigenvalue weighted by atomic mass is 32.1. The lowest BCUT2D eigenvalue weighted by molar-refractivity contribution is -0.153. The number of carboxylic acid groups (broad SMARTS) is 1. The van der Waals surface area contributed by atoms with Crippen LogP contribution in [-0.2, 0) is 9.53 Å². The molecule has 2 rings (SSSR count). The highest BCUT2D eigenvalue weighted by Gasteiger charge is 2.18. The average molecular weight is 362 g/mol. The zero-order valence-electron chi connectivity index (χ0n) is 14.7. The van der Waals surface area contributed by atoms with Crippen LogP contribution in [0.5, 0.6) is 0 Å². The van der Waals surface area contributed by atoms with Crippen molar-refractivity contribution in [3.63, 3.8) is 0 Å². The molecule has 0 aliphatic heterocycles. The zero-order chi connectivity index (χ0) is 18.6. The molecule has 0 fully saturated rings. The molecule has 0 saturated carbocycles. The van der Waals surface area contributed by atoms with Crippen LogP contribution < -0.4 is 5.32 Å². The molecule has 25 heavy (non-hydrogen) atoms. The lowest BCUT2D eigenvalue weighted by atomic mass is 10.1. The molecule has 2 N–H and O–H groups in total. The van der Waals surface area contributed by atoms with Crippen molar-refractivity contribution >= 4 is 23.3 Å². The van der Waals surface area contributed by atoms with Gasteiger partial charge in [0, 0.05) is 6.20 Å². The van der Waals surface area contributed by atoms with Crippen molar-refractivity contribution < 1.29 is 19.4 Å². The van der Waals surface area contributed by atoms with Crippen LogP contribution in [0.15, 0.2) is 30.5 Å². The molecule has 1 heterocycles. The lowest BCUT2D eigenvalue weighted by Gasteiger charge is -2.20. The van der Waals surface area contributed by atoms with Gasteiger partial charge in [-0.1, -0.05) is 12.1 Å². The van der Waals surface area contributed by atoms with E-state index in [1.807, 2.05) is 27.7 Å². The molecule has 0 saturated heterocycles. The van der Waals surface area contributed by atoms with Crippen LogP contribution >= 0.6 is 11.3 Å². The van der Waals surface area contributed by atoms with Gasteiger partial charge < -0.3 is 9.84 Å². The molecule has 7 heteroatoms. The summed E-state index contributed by atoms with van der Waals surface area (Å²) in [4.78, 5) is 28.0. The van der Waals surface area contributed by atoms with Gasteiger partial charge in [0.15, 0.2) is 0 Å². The van der Waals surface area contributed by atoms with Gasteiger partial charge in [0.25, 0.3) is 0 Å². The zero-order valence-corrected chi connectivity index (χ0v) is 15.5. The van der Waals surface area contributed by atoms with Gasteiger partial charge in [-0.2, -0.15) is 0 Å². The van der Waals surface area contributed by atoms with Gasteiger partial charge in [-0.3, -0.25) is 10.1 Å². The number of hydrogen-bond donors (Lipinski definition) is 2. The summed E-state index contributed by atoms with van der Waals surface area (Å²) < 4.78 is 5.26. The molecule has 0 aliphatic rings. The second kappa shape index (κ2) is 7.76. The maximum absolute atomic E-state index is 11.8. The Labute approximate surface area is 150 Å². The van der Waals surface area contributed by atoms with E-state index in [0.29, 0.717) is 0 Å². The predicted molar refractivity (Wildman–Crippen MR) is 96.8 cm³/mol. The summed E-state index contributed by atoms with van der Waals surface area (Å²) in [6.45, 7) is 7.53. The first kappa shape index (κ1) is 19.1. The minimum Gasteiger partial charge on any atom is -0.478 e. The summed E-state index contributed by atoms with van der Waals surface area (Å²) in [7, 11) is 0. The molecule has 0 amide bonds. The number of carbonyl (C=O) groups is 2. The maximum Gasteiger partial charge on any atom is 0.335 e. The molecule has 134 valence electrons. The van der Waals surface area contributed by atoms with E-state index in [0.717, 1.165) is 15.4 Å². The summed E-state index contributed by atoms with van der Waals surface area (Å²) in [6, 6.07) is 6.58. The molecule has 1 aromatic heterocycles. The van der Waals surface area contributed by atoms with E-state index in [1.165, 1.54) is 11.3 Å². The van der Waals surface area contributed by atoms with Crippen LogP contribution in [0.4, 0.5) is 0 Å². The molecule has 1 unspecified atom stereocenters. The number of thiazole rings is 1. The topological polar surface area (TPSA) is 88.5 Å². The number of aromatic carboxylic acids is 1. The van der Waals surface area contributed by atoms with Gasteiger partial charge in [-0.25, -0.2) is 9.78 Å². The van der Waals surface area contributed by atoms with Crippen molar-refractivity contribution in [2.45, 2.75) is 39.3 Å². The van der Waals surface area contributed by atoms with Crippen LogP contribution in [-0.4, -0.2) is 34.2 Å². The fourth-order valence-electron chi connectivity index (χ4n) is 2.10. The standard InChI is InChI=1S/C18H22N2O4S/c1-11(19-10-15(21)24-18(2,3)4)16-20-9-14(25-16)12-5-7-13(8-6-12)17(22)23/h5-9,11,19H,10H2,1-4H3,(H,22,23). The number of rotatable bonds is 6. The third-order valence-corrected chi connectivity index (χ3v) is 4.51. The van der Waals surface area contributed by atoms with Gasteiger partial charge >= 0.3 is 11.9 Å². The molecular formula is C18H22N2O4S. The van der Waals surface area contributed by atoms with Crippen molar-refractivity contribution in [3.05, 3.63) is 41.0 Å². The molecule has 0 bridgehead atoms. The van der Waals surface area contributed by atoms with Crippen molar-refractivity contribution in [2.24, 2.45) is 0 Å². The number of carbonyl (C=O) groups excluding carboxylic acids is 1. The van der Waals surface area contributed by atoms with Crippen LogP contribution in [0, 0.1) is 0 Å². The summed E-state index contributed by atoms with van der Waals surface area (Å²) in [5, 5.41) is 12.9. The summed E-state index contributed by atoms with van der Waals surface area (Å²) in [6.07, 6.45) is 1.75. The first-order valence-corrected chi connectivity index (χ1v) is 8.72. The number of benzene rings is 1. The third kappa shape index (κ3) is 5.65. The van der Waals surface area contributed by atoms with E-state index >= 15 is 0 Å². The Morgan fingerprint density at radius 3 is 2.48 bits per heavy atom. The number of nitrogens with one attached hydrogen (secondary N) is 1. The van der Waals surface area contributed by atoms with E-state index in [1.54, 1.807) is 30.5 Å². The van der Waals surface area contributed by atoms with Crippen molar-refractivity contribution in [1.82, 2.24) is 10.3 Å². The van der Waals surface area contributed by atoms with E-state index in [9.17, 15) is 9.59 Å². The predicted octanol–water partition coefficient (Wildman–Crippen LogP) is 3.50. The van der Waals surface area contributed by atoms with Crippen molar-refractivity contribution in [1.29, 1.82) is 0 Å². The first-order chi connectivity index (χ1) is 11.7. The van der Waals surface area contributed by atoms with Crippen molar-refractivity contribution in [3.8, 4) is 10.4 Å². The Bertz CT molecular complexity index is 747. The Hall–Kier alpha value is -2.25. The van der Waals surface area contributed by atoms with Gasteiger partial charge in [-0.15, -0.1) is 11.3 Å². The fourth-order valence-corrected chi connectivity index (χ4v) is 3.05. The average Bonchev–Trinajstić information content (AvgIpc) is 3.01. The fraction of sp³-hybridized carbons (Fsp3) is 0.389. The minimum atomic E-state index is -0.948. The summed E-state index contributed by atoms with van der Waals surface area (Å²) in [5.41, 5.74) is 0.660. The molecule has 0 aliphatic carbocycles. The number of nitrogens with zero attached hydrogens (tertiary/aromatic N) is 1. The Kier molecular flexibility index (Phi) is 5.92. The quantitative estimate of drug-likeness (QED) is 0.765. The van der Waals surface area contributed by atoms with E-state index in [2.05, 4.69) is 10.3 Å². The molecule has 0 radical (unpaired) electrons. The molecular weight excluding hydrogens is 340 g/mol. The maximum atomic E-state index is 11.8. The monoisotopic (exact) mass is 362 g/mol.